The predicted octanol–water partition coefficient (Wildman–Crippen LogP) is 2.80. The zero-order valence-electron chi connectivity index (χ0n) is 13.7. The van der Waals surface area contributed by atoms with Crippen LogP contribution in [0.3, 0.4) is 0 Å². The Labute approximate surface area is 128 Å². The lowest BCUT2D eigenvalue weighted by molar-refractivity contribution is 0.00563. The number of pyridine rings is 1. The molecule has 2 heterocycles. The summed E-state index contributed by atoms with van der Waals surface area (Å²) in [7, 11) is 3.75. The van der Waals surface area contributed by atoms with Crippen LogP contribution >= 0.6 is 0 Å². The molecule has 1 aliphatic heterocycles. The van der Waals surface area contributed by atoms with E-state index in [0.29, 0.717) is 12.1 Å². The summed E-state index contributed by atoms with van der Waals surface area (Å²) in [6.45, 7) is 5.04. The first-order valence-corrected chi connectivity index (χ1v) is 7.93. The molecule has 1 aromatic heterocycles. The molecule has 1 fully saturated rings. The van der Waals surface area contributed by atoms with Crippen LogP contribution in [0.1, 0.15) is 42.5 Å². The van der Waals surface area contributed by atoms with Crippen molar-refractivity contribution in [3.63, 3.8) is 0 Å². The van der Waals surface area contributed by atoms with Crippen molar-refractivity contribution in [2.75, 3.05) is 20.8 Å². The Morgan fingerprint density at radius 2 is 2.24 bits per heavy atom. The van der Waals surface area contributed by atoms with Gasteiger partial charge in [0.15, 0.2) is 0 Å². The summed E-state index contributed by atoms with van der Waals surface area (Å²) in [6, 6.07) is 0.395. The van der Waals surface area contributed by atoms with Crippen LogP contribution in [0.2, 0.25) is 0 Å². The van der Waals surface area contributed by atoms with Crippen molar-refractivity contribution in [1.82, 2.24) is 10.3 Å². The molecule has 0 radical (unpaired) electrons. The third-order valence-electron chi connectivity index (χ3n) is 4.42. The molecule has 2 rings (SSSR count). The third kappa shape index (κ3) is 4.17. The van der Waals surface area contributed by atoms with Gasteiger partial charge in [0, 0.05) is 42.1 Å². The van der Waals surface area contributed by atoms with E-state index < -0.39 is 0 Å². The van der Waals surface area contributed by atoms with E-state index in [9.17, 15) is 0 Å². The minimum absolute atomic E-state index is 0.392. The monoisotopic (exact) mass is 292 g/mol. The molecule has 118 valence electrons. The molecule has 0 bridgehead atoms. The minimum Gasteiger partial charge on any atom is -0.496 e. The number of nitrogens with one attached hydrogen (secondary N) is 1. The average Bonchev–Trinajstić information content (AvgIpc) is 2.50. The number of aromatic nitrogens is 1. The van der Waals surface area contributed by atoms with Gasteiger partial charge in [0.05, 0.1) is 13.2 Å². The first kappa shape index (κ1) is 16.2. The summed E-state index contributed by atoms with van der Waals surface area (Å²) in [5.74, 6) is 0.962. The van der Waals surface area contributed by atoms with Gasteiger partial charge in [-0.15, -0.1) is 0 Å². The quantitative estimate of drug-likeness (QED) is 0.875. The van der Waals surface area contributed by atoms with E-state index in [1.807, 2.05) is 20.2 Å². The summed E-state index contributed by atoms with van der Waals surface area (Å²) in [6.07, 6.45) is 7.94. The fraction of sp³-hybridized carbons (Fsp3) is 0.706. The lowest BCUT2D eigenvalue weighted by Gasteiger charge is -2.27. The van der Waals surface area contributed by atoms with Crippen molar-refractivity contribution < 1.29 is 9.47 Å². The van der Waals surface area contributed by atoms with Crippen molar-refractivity contribution in [3.8, 4) is 5.75 Å². The molecule has 4 nitrogen and oxygen atoms in total. The zero-order valence-corrected chi connectivity index (χ0v) is 13.7. The van der Waals surface area contributed by atoms with Gasteiger partial charge >= 0.3 is 0 Å². The standard InChI is InChI=1S/C17H28N2O2/c1-12-11-19-16(13(2)17(12)20-4)10-14(18-3)9-15-7-5-6-8-21-15/h11,14-15,18H,5-10H2,1-4H3. The highest BCUT2D eigenvalue weighted by molar-refractivity contribution is 5.41. The molecular weight excluding hydrogens is 264 g/mol. The molecule has 1 saturated heterocycles. The number of methoxy groups -OCH3 is 1. The molecule has 0 saturated carbocycles. The SMILES string of the molecule is CNC(Cc1ncc(C)c(OC)c1C)CC1CCCCO1. The van der Waals surface area contributed by atoms with Crippen LogP contribution < -0.4 is 10.1 Å². The Morgan fingerprint density at radius 1 is 1.43 bits per heavy atom. The fourth-order valence-electron chi connectivity index (χ4n) is 3.12. The summed E-state index contributed by atoms with van der Waals surface area (Å²) in [5.41, 5.74) is 3.37. The number of rotatable bonds is 6. The van der Waals surface area contributed by atoms with Crippen LogP contribution in [0.25, 0.3) is 0 Å². The molecule has 0 aliphatic carbocycles. The summed E-state index contributed by atoms with van der Waals surface area (Å²) < 4.78 is 11.4. The Balaban J connectivity index is 2.04. The maximum absolute atomic E-state index is 5.86. The van der Waals surface area contributed by atoms with Gasteiger partial charge in [-0.1, -0.05) is 0 Å². The first-order valence-electron chi connectivity index (χ1n) is 7.93. The Bertz CT molecular complexity index is 456. The maximum atomic E-state index is 5.86. The van der Waals surface area contributed by atoms with Crippen LogP contribution in [0, 0.1) is 13.8 Å². The van der Waals surface area contributed by atoms with Crippen LogP contribution in [0.15, 0.2) is 6.20 Å². The van der Waals surface area contributed by atoms with Crippen molar-refractivity contribution >= 4 is 0 Å². The highest BCUT2D eigenvalue weighted by atomic mass is 16.5. The number of hydrogen-bond acceptors (Lipinski definition) is 4. The van der Waals surface area contributed by atoms with Crippen molar-refractivity contribution in [1.29, 1.82) is 0 Å². The van der Waals surface area contributed by atoms with E-state index in [2.05, 4.69) is 17.2 Å². The largest absolute Gasteiger partial charge is 0.496 e. The second kappa shape index (κ2) is 7.76. The molecular formula is C17H28N2O2. The number of aryl methyl sites for hydroxylation is 1. The van der Waals surface area contributed by atoms with Crippen LogP contribution in [0.4, 0.5) is 0 Å². The normalized spacial score (nSPS) is 20.3. The predicted molar refractivity (Wildman–Crippen MR) is 85.0 cm³/mol. The number of likely N-dealkylation sites (N-methyl/N-ethyl adjacent to an activating group) is 1. The van der Waals surface area contributed by atoms with Crippen molar-refractivity contribution in [2.24, 2.45) is 0 Å². The fourth-order valence-corrected chi connectivity index (χ4v) is 3.12. The van der Waals surface area contributed by atoms with E-state index in [1.165, 1.54) is 19.3 Å². The van der Waals surface area contributed by atoms with Crippen LogP contribution in [-0.4, -0.2) is 37.9 Å². The van der Waals surface area contributed by atoms with Gasteiger partial charge < -0.3 is 14.8 Å². The lowest BCUT2D eigenvalue weighted by Crippen LogP contribution is -2.34. The van der Waals surface area contributed by atoms with Crippen LogP contribution in [-0.2, 0) is 11.2 Å². The van der Waals surface area contributed by atoms with E-state index in [0.717, 1.165) is 42.0 Å². The molecule has 1 N–H and O–H groups in total. The molecule has 4 heteroatoms. The van der Waals surface area contributed by atoms with Crippen molar-refractivity contribution in [3.05, 3.63) is 23.0 Å². The lowest BCUT2D eigenvalue weighted by atomic mass is 9.97. The van der Waals surface area contributed by atoms with Gasteiger partial charge in [0.1, 0.15) is 5.75 Å². The number of ether oxygens (including phenoxy) is 2. The number of nitrogens with zero attached hydrogens (tertiary/aromatic N) is 1. The highest BCUT2D eigenvalue weighted by Crippen LogP contribution is 2.26. The third-order valence-corrected chi connectivity index (χ3v) is 4.42. The second-order valence-electron chi connectivity index (χ2n) is 5.96. The average molecular weight is 292 g/mol. The van der Waals surface area contributed by atoms with Gasteiger partial charge in [-0.2, -0.15) is 0 Å². The van der Waals surface area contributed by atoms with E-state index in [4.69, 9.17) is 9.47 Å². The van der Waals surface area contributed by atoms with Gasteiger partial charge in [-0.3, -0.25) is 4.98 Å². The topological polar surface area (TPSA) is 43.4 Å². The summed E-state index contributed by atoms with van der Waals surface area (Å²) in [4.78, 5) is 4.61. The van der Waals surface area contributed by atoms with E-state index in [-0.39, 0.29) is 0 Å². The first-order chi connectivity index (χ1) is 10.2. The molecule has 0 aromatic carbocycles. The summed E-state index contributed by atoms with van der Waals surface area (Å²) in [5, 5.41) is 3.42. The Morgan fingerprint density at radius 3 is 2.86 bits per heavy atom. The summed E-state index contributed by atoms with van der Waals surface area (Å²) >= 11 is 0. The number of hydrogen-bond donors (Lipinski definition) is 1. The second-order valence-corrected chi connectivity index (χ2v) is 5.96. The van der Waals surface area contributed by atoms with E-state index >= 15 is 0 Å². The van der Waals surface area contributed by atoms with Gasteiger partial charge in [-0.25, -0.2) is 0 Å². The molecule has 2 atom stereocenters. The molecule has 21 heavy (non-hydrogen) atoms. The Kier molecular flexibility index (Phi) is 6.00. The van der Waals surface area contributed by atoms with Crippen molar-refractivity contribution in [2.45, 2.75) is 58.1 Å². The smallest absolute Gasteiger partial charge is 0.128 e. The minimum atomic E-state index is 0.392. The highest BCUT2D eigenvalue weighted by Gasteiger charge is 2.20. The van der Waals surface area contributed by atoms with Crippen LogP contribution in [0.5, 0.6) is 5.75 Å². The van der Waals surface area contributed by atoms with Gasteiger partial charge in [0.25, 0.3) is 0 Å². The molecule has 0 amide bonds. The Hall–Kier alpha value is -1.13. The molecule has 2 unspecified atom stereocenters. The van der Waals surface area contributed by atoms with E-state index in [1.54, 1.807) is 7.11 Å². The van der Waals surface area contributed by atoms with Gasteiger partial charge in [0.2, 0.25) is 0 Å². The molecule has 0 spiro atoms. The molecule has 1 aliphatic rings. The maximum Gasteiger partial charge on any atom is 0.128 e. The van der Waals surface area contributed by atoms with Gasteiger partial charge in [-0.05, 0) is 46.6 Å². The molecule has 1 aromatic rings. The zero-order chi connectivity index (χ0) is 15.2.